The molecule has 2 atom stereocenters. The molecule has 0 spiro atoms. The lowest BCUT2D eigenvalue weighted by molar-refractivity contribution is 0.00775. The second-order valence-corrected chi connectivity index (χ2v) is 9.04. The number of likely N-dealkylation sites (tertiary alicyclic amines) is 1. The average Bonchev–Trinajstić information content (AvgIpc) is 2.90. The highest BCUT2D eigenvalue weighted by Crippen LogP contribution is 2.36. The minimum atomic E-state index is 0.113. The Hall–Kier alpha value is -3.99. The van der Waals surface area contributed by atoms with Gasteiger partial charge in [-0.1, -0.05) is 78.9 Å². The Morgan fingerprint density at radius 3 is 2.29 bits per heavy atom. The van der Waals surface area contributed by atoms with E-state index in [2.05, 4.69) is 34.1 Å². The molecule has 1 aromatic heterocycles. The van der Waals surface area contributed by atoms with Gasteiger partial charge in [0, 0.05) is 42.9 Å². The van der Waals surface area contributed by atoms with Crippen LogP contribution in [0.3, 0.4) is 0 Å². The van der Waals surface area contributed by atoms with Crippen LogP contribution in [-0.2, 0) is 0 Å². The first-order valence-electron chi connectivity index (χ1n) is 11.9. The molecule has 34 heavy (non-hydrogen) atoms. The van der Waals surface area contributed by atoms with Crippen LogP contribution >= 0.6 is 0 Å². The molecular weight excluding hydrogens is 420 g/mol. The normalized spacial score (nSPS) is 19.3. The second kappa shape index (κ2) is 8.75. The third-order valence-corrected chi connectivity index (χ3v) is 7.05. The van der Waals surface area contributed by atoms with Crippen LogP contribution in [0.2, 0.25) is 0 Å². The summed E-state index contributed by atoms with van der Waals surface area (Å²) in [5, 5.41) is 0. The Morgan fingerprint density at radius 2 is 1.50 bits per heavy atom. The van der Waals surface area contributed by atoms with E-state index >= 15 is 0 Å². The third kappa shape index (κ3) is 3.73. The maximum Gasteiger partial charge on any atom is 0.254 e. The van der Waals surface area contributed by atoms with Crippen LogP contribution in [0.25, 0.3) is 22.4 Å². The van der Waals surface area contributed by atoms with Crippen molar-refractivity contribution in [2.45, 2.75) is 12.5 Å². The van der Waals surface area contributed by atoms with Gasteiger partial charge in [-0.25, -0.2) is 9.97 Å². The van der Waals surface area contributed by atoms with Crippen molar-refractivity contribution in [3.8, 4) is 22.4 Å². The van der Waals surface area contributed by atoms with Crippen molar-refractivity contribution in [2.75, 3.05) is 24.5 Å². The van der Waals surface area contributed by atoms with Gasteiger partial charge in [0.25, 0.3) is 5.91 Å². The van der Waals surface area contributed by atoms with E-state index < -0.39 is 0 Å². The number of hydrogen-bond donors (Lipinski definition) is 0. The lowest BCUT2D eigenvalue weighted by atomic mass is 9.81. The highest BCUT2D eigenvalue weighted by Gasteiger charge is 2.45. The molecule has 0 radical (unpaired) electrons. The molecule has 5 heteroatoms. The molecule has 168 valence electrons. The van der Waals surface area contributed by atoms with Gasteiger partial charge in [0.2, 0.25) is 5.95 Å². The Kier molecular flexibility index (Phi) is 5.30. The van der Waals surface area contributed by atoms with E-state index in [1.165, 1.54) is 0 Å². The molecule has 0 N–H and O–H groups in total. The van der Waals surface area contributed by atoms with Gasteiger partial charge in [-0.2, -0.15) is 0 Å². The number of amides is 1. The molecule has 1 amide bonds. The van der Waals surface area contributed by atoms with Crippen molar-refractivity contribution < 1.29 is 4.79 Å². The highest BCUT2D eigenvalue weighted by atomic mass is 16.2. The van der Waals surface area contributed by atoms with Crippen LogP contribution in [-0.4, -0.2) is 46.5 Å². The molecule has 0 bridgehead atoms. The lowest BCUT2D eigenvalue weighted by Gasteiger charge is -2.53. The van der Waals surface area contributed by atoms with Crippen LogP contribution in [0, 0.1) is 5.92 Å². The fourth-order valence-corrected chi connectivity index (χ4v) is 5.18. The first-order valence-corrected chi connectivity index (χ1v) is 11.9. The average molecular weight is 447 g/mol. The van der Waals surface area contributed by atoms with Crippen molar-refractivity contribution in [2.24, 2.45) is 5.92 Å². The number of nitrogens with zero attached hydrogens (tertiary/aromatic N) is 4. The van der Waals surface area contributed by atoms with Gasteiger partial charge in [-0.05, 0) is 29.7 Å². The van der Waals surface area contributed by atoms with Crippen molar-refractivity contribution in [3.05, 3.63) is 103 Å². The number of aromatic nitrogens is 2. The highest BCUT2D eigenvalue weighted by molar-refractivity contribution is 6.01. The maximum absolute atomic E-state index is 13.6. The van der Waals surface area contributed by atoms with Gasteiger partial charge in [0.15, 0.2) is 0 Å². The minimum absolute atomic E-state index is 0.113. The van der Waals surface area contributed by atoms with E-state index in [1.54, 1.807) is 0 Å². The molecule has 2 saturated heterocycles. The second-order valence-electron chi connectivity index (χ2n) is 9.04. The SMILES string of the molecule is O=C(c1ccccc1-c1ccccc1)N1CC2CCN(c3nccc(-c4ccccc4)n3)CC21. The number of benzene rings is 3. The molecule has 4 aromatic rings. The quantitative estimate of drug-likeness (QED) is 0.434. The van der Waals surface area contributed by atoms with E-state index in [-0.39, 0.29) is 11.9 Å². The Morgan fingerprint density at radius 1 is 0.794 bits per heavy atom. The van der Waals surface area contributed by atoms with Crippen LogP contribution in [0.5, 0.6) is 0 Å². The smallest absolute Gasteiger partial charge is 0.254 e. The monoisotopic (exact) mass is 446 g/mol. The van der Waals surface area contributed by atoms with Gasteiger partial charge in [0.1, 0.15) is 0 Å². The summed E-state index contributed by atoms with van der Waals surface area (Å²) in [6.07, 6.45) is 2.88. The van der Waals surface area contributed by atoms with Crippen LogP contribution in [0.15, 0.2) is 97.2 Å². The van der Waals surface area contributed by atoms with E-state index in [1.807, 2.05) is 77.8 Å². The molecular formula is C29H26N4O. The lowest BCUT2D eigenvalue weighted by Crippen LogP contribution is -2.66. The Bertz CT molecular complexity index is 1310. The van der Waals surface area contributed by atoms with Gasteiger partial charge in [0.05, 0.1) is 11.7 Å². The Balaban J connectivity index is 1.23. The number of carbonyl (C=O) groups is 1. The molecule has 0 aliphatic carbocycles. The molecule has 0 saturated carbocycles. The van der Waals surface area contributed by atoms with Crippen LogP contribution in [0.1, 0.15) is 16.8 Å². The molecule has 2 aliphatic rings. The molecule has 3 aromatic carbocycles. The van der Waals surface area contributed by atoms with Gasteiger partial charge in [-0.15, -0.1) is 0 Å². The predicted molar refractivity (Wildman–Crippen MR) is 134 cm³/mol. The summed E-state index contributed by atoms with van der Waals surface area (Å²) in [6.45, 7) is 2.51. The topological polar surface area (TPSA) is 49.3 Å². The molecule has 2 fully saturated rings. The first-order chi connectivity index (χ1) is 16.8. The molecule has 3 heterocycles. The standard InChI is InChI=1S/C29H26N4O/c34-28(25-14-8-7-13-24(25)21-9-3-1-4-10-21)33-19-23-16-18-32(20-27(23)33)29-30-17-15-26(31-29)22-11-5-2-6-12-22/h1-15,17,23,27H,16,18-20H2. The number of fused-ring (bicyclic) bond motifs is 1. The summed E-state index contributed by atoms with van der Waals surface area (Å²) < 4.78 is 0. The largest absolute Gasteiger partial charge is 0.339 e. The maximum atomic E-state index is 13.6. The number of carbonyl (C=O) groups excluding carboxylic acids is 1. The number of anilines is 1. The van der Waals surface area contributed by atoms with Crippen molar-refractivity contribution in [1.82, 2.24) is 14.9 Å². The van der Waals surface area contributed by atoms with Crippen molar-refractivity contribution in [1.29, 1.82) is 0 Å². The zero-order chi connectivity index (χ0) is 22.9. The van der Waals surface area contributed by atoms with Gasteiger partial charge < -0.3 is 9.80 Å². The first kappa shape index (κ1) is 20.6. The number of piperidine rings is 1. The summed E-state index contributed by atoms with van der Waals surface area (Å²) >= 11 is 0. The van der Waals surface area contributed by atoms with Gasteiger partial charge >= 0.3 is 0 Å². The molecule has 2 unspecified atom stereocenters. The van der Waals surface area contributed by atoms with E-state index in [0.29, 0.717) is 5.92 Å². The minimum Gasteiger partial charge on any atom is -0.339 e. The predicted octanol–water partition coefficient (Wildman–Crippen LogP) is 5.16. The van der Waals surface area contributed by atoms with Crippen LogP contribution in [0.4, 0.5) is 5.95 Å². The van der Waals surface area contributed by atoms with Gasteiger partial charge in [-0.3, -0.25) is 4.79 Å². The fraction of sp³-hybridized carbons (Fsp3) is 0.207. The summed E-state index contributed by atoms with van der Waals surface area (Å²) in [7, 11) is 0. The number of hydrogen-bond acceptors (Lipinski definition) is 4. The molecule has 2 aliphatic heterocycles. The summed E-state index contributed by atoms with van der Waals surface area (Å²) in [6, 6.07) is 30.4. The number of rotatable bonds is 4. The summed E-state index contributed by atoms with van der Waals surface area (Å²) in [5.74, 6) is 1.40. The van der Waals surface area contributed by atoms with Crippen LogP contribution < -0.4 is 4.90 Å². The Labute approximate surface area is 199 Å². The molecule has 6 rings (SSSR count). The summed E-state index contributed by atoms with van der Waals surface area (Å²) in [5.41, 5.74) is 4.83. The zero-order valence-corrected chi connectivity index (χ0v) is 18.9. The molecule has 5 nitrogen and oxygen atoms in total. The van der Waals surface area contributed by atoms with E-state index in [9.17, 15) is 4.79 Å². The summed E-state index contributed by atoms with van der Waals surface area (Å²) in [4.78, 5) is 27.3. The third-order valence-electron chi connectivity index (χ3n) is 7.05. The van der Waals surface area contributed by atoms with Crippen molar-refractivity contribution >= 4 is 11.9 Å². The van der Waals surface area contributed by atoms with Crippen molar-refractivity contribution in [3.63, 3.8) is 0 Å². The van der Waals surface area contributed by atoms with E-state index in [0.717, 1.165) is 60.0 Å². The zero-order valence-electron chi connectivity index (χ0n) is 18.9. The van der Waals surface area contributed by atoms with E-state index in [4.69, 9.17) is 4.98 Å². The fourth-order valence-electron chi connectivity index (χ4n) is 5.18.